The summed E-state index contributed by atoms with van der Waals surface area (Å²) in [4.78, 5) is 20.5. The Morgan fingerprint density at radius 2 is 1.85 bits per heavy atom. The third-order valence-corrected chi connectivity index (χ3v) is 4.71. The molecule has 0 aliphatic heterocycles. The Bertz CT molecular complexity index is 886. The van der Waals surface area contributed by atoms with Gasteiger partial charge in [0.15, 0.2) is 5.82 Å². The van der Waals surface area contributed by atoms with Crippen molar-refractivity contribution < 1.29 is 9.90 Å². The molecule has 0 radical (unpaired) electrons. The average molecular weight is 386 g/mol. The van der Waals surface area contributed by atoms with Crippen LogP contribution in [-0.4, -0.2) is 26.7 Å². The molecule has 1 aromatic heterocycles. The Balaban J connectivity index is 1.50. The number of hydrogen-bond donors (Lipinski definition) is 2. The smallest absolute Gasteiger partial charge is 0.234 e. The number of nitrogens with zero attached hydrogens (tertiary/aromatic N) is 2. The van der Waals surface area contributed by atoms with E-state index in [0.29, 0.717) is 27.9 Å². The highest BCUT2D eigenvalue weighted by Gasteiger charge is 2.06. The molecule has 0 saturated heterocycles. The van der Waals surface area contributed by atoms with Crippen LogP contribution < -0.4 is 5.32 Å². The summed E-state index contributed by atoms with van der Waals surface area (Å²) in [5.41, 5.74) is 2.36. The topological polar surface area (TPSA) is 75.1 Å². The number of phenols is 1. The summed E-state index contributed by atoms with van der Waals surface area (Å²) in [6, 6.07) is 14.3. The van der Waals surface area contributed by atoms with Crippen molar-refractivity contribution in [2.24, 2.45) is 0 Å². The van der Waals surface area contributed by atoms with Crippen LogP contribution in [0.3, 0.4) is 0 Å². The van der Waals surface area contributed by atoms with Crippen molar-refractivity contribution in [3.8, 4) is 17.1 Å². The van der Waals surface area contributed by atoms with Gasteiger partial charge >= 0.3 is 0 Å². The van der Waals surface area contributed by atoms with Gasteiger partial charge in [0.2, 0.25) is 5.91 Å². The Hall–Kier alpha value is -2.57. The van der Waals surface area contributed by atoms with Crippen LogP contribution >= 0.6 is 23.4 Å². The van der Waals surface area contributed by atoms with Crippen LogP contribution in [0.1, 0.15) is 5.56 Å². The minimum atomic E-state index is -0.113. The maximum Gasteiger partial charge on any atom is 0.234 e. The summed E-state index contributed by atoms with van der Waals surface area (Å²) in [5.74, 6) is 1.59. The molecule has 0 fully saturated rings. The molecule has 1 amide bonds. The second-order valence-electron chi connectivity index (χ2n) is 5.51. The third kappa shape index (κ3) is 5.21. The van der Waals surface area contributed by atoms with Gasteiger partial charge in [-0.15, -0.1) is 11.8 Å². The summed E-state index contributed by atoms with van der Waals surface area (Å²) in [6.45, 7) is 0. The van der Waals surface area contributed by atoms with Crippen molar-refractivity contribution in [1.29, 1.82) is 0 Å². The first-order valence-corrected chi connectivity index (χ1v) is 9.37. The standard InChI is InChI=1S/C19H16ClN3O2S/c20-15-6-4-13(5-7-15)11-26-12-18(25)23-16-9-21-19(22-10-16)14-2-1-3-17(24)8-14/h1-10,24H,11-12H2,(H,23,25). The number of aromatic hydroxyl groups is 1. The number of carbonyl (C=O) groups excluding carboxylic acids is 1. The normalized spacial score (nSPS) is 10.5. The summed E-state index contributed by atoms with van der Waals surface area (Å²) in [5, 5.41) is 13.0. The number of anilines is 1. The molecular formula is C19H16ClN3O2S. The van der Waals surface area contributed by atoms with E-state index in [4.69, 9.17) is 11.6 Å². The Morgan fingerprint density at radius 1 is 1.12 bits per heavy atom. The number of benzene rings is 2. The van der Waals surface area contributed by atoms with E-state index in [-0.39, 0.29) is 11.7 Å². The highest BCUT2D eigenvalue weighted by atomic mass is 35.5. The van der Waals surface area contributed by atoms with Crippen LogP contribution in [0.2, 0.25) is 5.02 Å². The summed E-state index contributed by atoms with van der Waals surface area (Å²) >= 11 is 7.37. The number of amides is 1. The molecule has 0 saturated carbocycles. The lowest BCUT2D eigenvalue weighted by molar-refractivity contribution is -0.113. The van der Waals surface area contributed by atoms with Crippen LogP contribution in [0.4, 0.5) is 5.69 Å². The van der Waals surface area contributed by atoms with Crippen molar-refractivity contribution in [1.82, 2.24) is 9.97 Å². The number of thioether (sulfide) groups is 1. The quantitative estimate of drug-likeness (QED) is 0.658. The van der Waals surface area contributed by atoms with Gasteiger partial charge in [-0.05, 0) is 29.8 Å². The summed E-state index contributed by atoms with van der Waals surface area (Å²) in [6.07, 6.45) is 3.10. The molecule has 1 heterocycles. The van der Waals surface area contributed by atoms with E-state index in [1.165, 1.54) is 11.8 Å². The lowest BCUT2D eigenvalue weighted by atomic mass is 10.2. The predicted octanol–water partition coefficient (Wildman–Crippen LogP) is 4.37. The highest BCUT2D eigenvalue weighted by Crippen LogP contribution is 2.20. The van der Waals surface area contributed by atoms with Crippen molar-refractivity contribution >= 4 is 35.0 Å². The number of rotatable bonds is 6. The molecule has 2 aromatic carbocycles. The van der Waals surface area contributed by atoms with E-state index in [2.05, 4.69) is 15.3 Å². The van der Waals surface area contributed by atoms with Gasteiger partial charge in [0.1, 0.15) is 5.75 Å². The molecule has 7 heteroatoms. The first-order valence-electron chi connectivity index (χ1n) is 7.83. The average Bonchev–Trinajstić information content (AvgIpc) is 2.64. The van der Waals surface area contributed by atoms with E-state index < -0.39 is 0 Å². The summed E-state index contributed by atoms with van der Waals surface area (Å²) in [7, 11) is 0. The monoisotopic (exact) mass is 385 g/mol. The second-order valence-corrected chi connectivity index (χ2v) is 6.94. The van der Waals surface area contributed by atoms with Crippen molar-refractivity contribution in [2.45, 2.75) is 5.75 Å². The molecule has 26 heavy (non-hydrogen) atoms. The Morgan fingerprint density at radius 3 is 2.54 bits per heavy atom. The zero-order valence-electron chi connectivity index (χ0n) is 13.7. The van der Waals surface area contributed by atoms with Crippen molar-refractivity contribution in [2.75, 3.05) is 11.1 Å². The van der Waals surface area contributed by atoms with Gasteiger partial charge in [0, 0.05) is 16.3 Å². The minimum Gasteiger partial charge on any atom is -0.508 e. The van der Waals surface area contributed by atoms with Crippen molar-refractivity contribution in [3.63, 3.8) is 0 Å². The largest absolute Gasteiger partial charge is 0.508 e. The molecule has 132 valence electrons. The number of carbonyl (C=O) groups is 1. The van der Waals surface area contributed by atoms with Crippen LogP contribution in [-0.2, 0) is 10.5 Å². The predicted molar refractivity (Wildman–Crippen MR) is 105 cm³/mol. The molecule has 2 N–H and O–H groups in total. The van der Waals surface area contributed by atoms with Crippen LogP contribution in [0.15, 0.2) is 60.9 Å². The Kier molecular flexibility index (Phi) is 6.09. The molecular weight excluding hydrogens is 370 g/mol. The van der Waals surface area contributed by atoms with E-state index in [1.54, 1.807) is 36.7 Å². The number of halogens is 1. The molecule has 0 atom stereocenters. The number of phenolic OH excluding ortho intramolecular Hbond substituents is 1. The fourth-order valence-electron chi connectivity index (χ4n) is 2.23. The highest BCUT2D eigenvalue weighted by molar-refractivity contribution is 7.99. The lowest BCUT2D eigenvalue weighted by Gasteiger charge is -2.06. The molecule has 3 rings (SSSR count). The molecule has 5 nitrogen and oxygen atoms in total. The Labute approximate surface area is 160 Å². The third-order valence-electron chi connectivity index (χ3n) is 3.46. The SMILES string of the molecule is O=C(CSCc1ccc(Cl)cc1)Nc1cnc(-c2cccc(O)c2)nc1. The van der Waals surface area contributed by atoms with Gasteiger partial charge in [0.25, 0.3) is 0 Å². The lowest BCUT2D eigenvalue weighted by Crippen LogP contribution is -2.14. The minimum absolute atomic E-state index is 0.113. The first kappa shape index (κ1) is 18.2. The van der Waals surface area contributed by atoms with Gasteiger partial charge in [-0.1, -0.05) is 35.9 Å². The summed E-state index contributed by atoms with van der Waals surface area (Å²) < 4.78 is 0. The van der Waals surface area contributed by atoms with Gasteiger partial charge in [-0.3, -0.25) is 4.79 Å². The van der Waals surface area contributed by atoms with Gasteiger partial charge in [-0.2, -0.15) is 0 Å². The van der Waals surface area contributed by atoms with E-state index >= 15 is 0 Å². The molecule has 0 aliphatic rings. The number of aromatic nitrogens is 2. The molecule has 3 aromatic rings. The van der Waals surface area contributed by atoms with Gasteiger partial charge in [-0.25, -0.2) is 9.97 Å². The maximum atomic E-state index is 12.0. The molecule has 0 bridgehead atoms. The number of nitrogens with one attached hydrogen (secondary N) is 1. The van der Waals surface area contributed by atoms with E-state index in [0.717, 1.165) is 11.3 Å². The van der Waals surface area contributed by atoms with Crippen molar-refractivity contribution in [3.05, 3.63) is 71.5 Å². The molecule has 0 aliphatic carbocycles. The molecule has 0 spiro atoms. The fraction of sp³-hybridized carbons (Fsp3) is 0.105. The fourth-order valence-corrected chi connectivity index (χ4v) is 3.14. The second kappa shape index (κ2) is 8.69. The van der Waals surface area contributed by atoms with Gasteiger partial charge in [0.05, 0.1) is 23.8 Å². The van der Waals surface area contributed by atoms with Crippen LogP contribution in [0.5, 0.6) is 5.75 Å². The van der Waals surface area contributed by atoms with E-state index in [1.807, 2.05) is 24.3 Å². The van der Waals surface area contributed by atoms with E-state index in [9.17, 15) is 9.90 Å². The maximum absolute atomic E-state index is 12.0. The molecule has 0 unspecified atom stereocenters. The van der Waals surface area contributed by atoms with Crippen LogP contribution in [0.25, 0.3) is 11.4 Å². The zero-order valence-corrected chi connectivity index (χ0v) is 15.3. The first-order chi connectivity index (χ1) is 12.6. The zero-order chi connectivity index (χ0) is 18.4. The van der Waals surface area contributed by atoms with Gasteiger partial charge < -0.3 is 10.4 Å². The number of hydrogen-bond acceptors (Lipinski definition) is 5. The van der Waals surface area contributed by atoms with Crippen LogP contribution in [0, 0.1) is 0 Å².